The number of carbonyl (C=O) groups excluding carboxylic acids is 2. The predicted molar refractivity (Wildman–Crippen MR) is 183 cm³/mol. The van der Waals surface area contributed by atoms with Gasteiger partial charge >= 0.3 is 5.97 Å². The molecule has 2 aromatic heterocycles. The number of esters is 1. The molecular weight excluding hydrogens is 638 g/mol. The third-order valence-corrected chi connectivity index (χ3v) is 9.60. The highest BCUT2D eigenvalue weighted by molar-refractivity contribution is 7.07. The standard InChI is InChI=1S/C36H32ClN3O6S/c1-6-39(7-2)34(42)30-20(3)38-36-40(32(30)31-24-11-9-8-10-21(24)13-16-28(31)44-4)33(41)29(47-36)19-23-14-17-27(46-23)22-12-15-26(37)25(18-22)35(43)45-5/h8-19,32H,6-7H2,1-5H3/b29-19+/t32-/m0/s1. The van der Waals surface area contributed by atoms with E-state index in [0.717, 1.165) is 10.8 Å². The number of ether oxygens (including phenoxy) is 2. The lowest BCUT2D eigenvalue weighted by Crippen LogP contribution is -2.43. The van der Waals surface area contributed by atoms with E-state index in [1.54, 1.807) is 53.0 Å². The quantitative estimate of drug-likeness (QED) is 0.189. The van der Waals surface area contributed by atoms with Gasteiger partial charge in [0.15, 0.2) is 4.80 Å². The normalized spacial score (nSPS) is 14.6. The molecule has 11 heteroatoms. The van der Waals surface area contributed by atoms with Crippen molar-refractivity contribution >= 4 is 51.7 Å². The van der Waals surface area contributed by atoms with Crippen LogP contribution in [0.25, 0.3) is 28.2 Å². The summed E-state index contributed by atoms with van der Waals surface area (Å²) in [6.45, 7) is 6.68. The first-order valence-corrected chi connectivity index (χ1v) is 16.3. The molecule has 240 valence electrons. The van der Waals surface area contributed by atoms with Crippen molar-refractivity contribution in [3.8, 4) is 17.1 Å². The molecule has 5 aromatic rings. The van der Waals surface area contributed by atoms with E-state index >= 15 is 0 Å². The fraction of sp³-hybridized carbons (Fsp3) is 0.222. The van der Waals surface area contributed by atoms with Crippen LogP contribution in [0.1, 0.15) is 48.5 Å². The molecule has 0 bridgehead atoms. The van der Waals surface area contributed by atoms with Crippen molar-refractivity contribution in [2.75, 3.05) is 27.3 Å². The van der Waals surface area contributed by atoms with Gasteiger partial charge in [-0.1, -0.05) is 53.3 Å². The molecule has 6 rings (SSSR count). The number of aromatic nitrogens is 1. The van der Waals surface area contributed by atoms with Crippen LogP contribution in [-0.2, 0) is 9.53 Å². The van der Waals surface area contributed by atoms with Crippen LogP contribution in [0.3, 0.4) is 0 Å². The van der Waals surface area contributed by atoms with Crippen LogP contribution in [0.2, 0.25) is 5.02 Å². The van der Waals surface area contributed by atoms with E-state index in [1.165, 1.54) is 18.4 Å². The number of rotatable bonds is 8. The summed E-state index contributed by atoms with van der Waals surface area (Å²) in [5, 5.41) is 2.09. The number of likely N-dealkylation sites (N-methyl/N-ethyl adjacent to an activating group) is 1. The molecule has 0 radical (unpaired) electrons. The number of allylic oxidation sites excluding steroid dienone is 1. The highest BCUT2D eigenvalue weighted by Gasteiger charge is 2.36. The number of thiazole rings is 1. The minimum Gasteiger partial charge on any atom is -0.496 e. The molecule has 0 aliphatic carbocycles. The number of fused-ring (bicyclic) bond motifs is 2. The van der Waals surface area contributed by atoms with E-state index in [0.29, 0.717) is 62.1 Å². The third-order valence-electron chi connectivity index (χ3n) is 8.28. The minimum atomic E-state index is -0.791. The first kappa shape index (κ1) is 32.0. The van der Waals surface area contributed by atoms with Crippen molar-refractivity contribution in [2.45, 2.75) is 26.8 Å². The Bertz CT molecular complexity index is 2260. The topological polar surface area (TPSA) is 103 Å². The number of amides is 1. The second kappa shape index (κ2) is 13.1. The average molecular weight is 670 g/mol. The lowest BCUT2D eigenvalue weighted by atomic mass is 9.90. The minimum absolute atomic E-state index is 0.185. The molecule has 47 heavy (non-hydrogen) atoms. The van der Waals surface area contributed by atoms with Crippen LogP contribution in [0.4, 0.5) is 0 Å². The molecule has 0 saturated heterocycles. The van der Waals surface area contributed by atoms with Gasteiger partial charge in [0.2, 0.25) is 0 Å². The molecule has 0 fully saturated rings. The van der Waals surface area contributed by atoms with Gasteiger partial charge in [-0.15, -0.1) is 0 Å². The van der Waals surface area contributed by atoms with Crippen molar-refractivity contribution in [1.82, 2.24) is 9.47 Å². The average Bonchev–Trinajstić information content (AvgIpc) is 3.67. The molecule has 3 heterocycles. The first-order chi connectivity index (χ1) is 22.7. The zero-order valence-electron chi connectivity index (χ0n) is 26.5. The highest BCUT2D eigenvalue weighted by Crippen LogP contribution is 2.40. The summed E-state index contributed by atoms with van der Waals surface area (Å²) < 4.78 is 18.8. The zero-order chi connectivity index (χ0) is 33.4. The molecule has 0 spiro atoms. The van der Waals surface area contributed by atoms with Gasteiger partial charge in [-0.2, -0.15) is 0 Å². The maximum atomic E-state index is 14.4. The van der Waals surface area contributed by atoms with Crippen molar-refractivity contribution in [3.63, 3.8) is 0 Å². The maximum absolute atomic E-state index is 14.4. The molecule has 0 N–H and O–H groups in total. The number of methoxy groups -OCH3 is 2. The van der Waals surface area contributed by atoms with Crippen molar-refractivity contribution in [1.29, 1.82) is 0 Å². The van der Waals surface area contributed by atoms with Crippen LogP contribution in [0.15, 0.2) is 92.2 Å². The Morgan fingerprint density at radius 3 is 2.55 bits per heavy atom. The summed E-state index contributed by atoms with van der Waals surface area (Å²) in [5.41, 5.74) is 2.20. The second-order valence-electron chi connectivity index (χ2n) is 10.9. The fourth-order valence-electron chi connectivity index (χ4n) is 5.94. The van der Waals surface area contributed by atoms with Crippen LogP contribution >= 0.6 is 22.9 Å². The van der Waals surface area contributed by atoms with Crippen molar-refractivity contribution in [3.05, 3.63) is 120 Å². The molecule has 1 amide bonds. The van der Waals surface area contributed by atoms with E-state index in [4.69, 9.17) is 30.5 Å². The molecule has 3 aromatic carbocycles. The summed E-state index contributed by atoms with van der Waals surface area (Å²) >= 11 is 7.42. The third kappa shape index (κ3) is 5.68. The monoisotopic (exact) mass is 669 g/mol. The Morgan fingerprint density at radius 2 is 1.83 bits per heavy atom. The van der Waals surface area contributed by atoms with Gasteiger partial charge in [0.1, 0.15) is 23.3 Å². The van der Waals surface area contributed by atoms with Gasteiger partial charge < -0.3 is 18.8 Å². The van der Waals surface area contributed by atoms with Crippen LogP contribution < -0.4 is 19.6 Å². The van der Waals surface area contributed by atoms with Gasteiger partial charge in [0.25, 0.3) is 11.5 Å². The number of hydrogen-bond acceptors (Lipinski definition) is 8. The van der Waals surface area contributed by atoms with Gasteiger partial charge in [-0.25, -0.2) is 9.79 Å². The van der Waals surface area contributed by atoms with Crippen LogP contribution in [-0.4, -0.2) is 48.7 Å². The SMILES string of the molecule is CCN(CC)C(=O)C1=C(C)N=c2s/c(=C/c3ccc(-c4ccc(Cl)c(C(=O)OC)c4)o3)c(=O)n2[C@@H]1c1c(OC)ccc2ccccc12. The largest absolute Gasteiger partial charge is 0.496 e. The number of nitrogens with zero attached hydrogens (tertiary/aromatic N) is 3. The van der Waals surface area contributed by atoms with Gasteiger partial charge in [0.05, 0.1) is 40.6 Å². The van der Waals surface area contributed by atoms with Crippen LogP contribution in [0.5, 0.6) is 5.75 Å². The van der Waals surface area contributed by atoms with Crippen molar-refractivity contribution in [2.24, 2.45) is 4.99 Å². The van der Waals surface area contributed by atoms with E-state index in [1.807, 2.05) is 57.2 Å². The Kier molecular flexibility index (Phi) is 8.90. The number of benzene rings is 3. The van der Waals surface area contributed by atoms with Gasteiger partial charge in [-0.3, -0.25) is 14.2 Å². The lowest BCUT2D eigenvalue weighted by molar-refractivity contribution is -0.127. The summed E-state index contributed by atoms with van der Waals surface area (Å²) in [5.74, 6) is 0.723. The smallest absolute Gasteiger partial charge is 0.339 e. The highest BCUT2D eigenvalue weighted by atomic mass is 35.5. The molecule has 0 saturated carbocycles. The summed E-state index contributed by atoms with van der Waals surface area (Å²) in [7, 11) is 2.88. The van der Waals surface area contributed by atoms with Crippen molar-refractivity contribution < 1.29 is 23.5 Å². The zero-order valence-corrected chi connectivity index (χ0v) is 28.1. The molecule has 1 aliphatic rings. The van der Waals surface area contributed by atoms with E-state index < -0.39 is 12.0 Å². The van der Waals surface area contributed by atoms with Gasteiger partial charge in [-0.05, 0) is 67.9 Å². The van der Waals surface area contributed by atoms with E-state index in [-0.39, 0.29) is 22.1 Å². The van der Waals surface area contributed by atoms with E-state index in [2.05, 4.69) is 0 Å². The number of furan rings is 1. The summed E-state index contributed by atoms with van der Waals surface area (Å²) in [6.07, 6.45) is 1.66. The Labute approximate surface area is 279 Å². The summed E-state index contributed by atoms with van der Waals surface area (Å²) in [6, 6.07) is 19.3. The maximum Gasteiger partial charge on any atom is 0.339 e. The molecule has 0 unspecified atom stereocenters. The Hall–Kier alpha value is -4.93. The molecular formula is C36H32ClN3O6S. The predicted octanol–water partition coefficient (Wildman–Crippen LogP) is 5.97. The Morgan fingerprint density at radius 1 is 1.06 bits per heavy atom. The van der Waals surface area contributed by atoms with Crippen LogP contribution in [0, 0.1) is 0 Å². The summed E-state index contributed by atoms with van der Waals surface area (Å²) in [4.78, 5) is 47.7. The molecule has 9 nitrogen and oxygen atoms in total. The fourth-order valence-corrected chi connectivity index (χ4v) is 7.17. The lowest BCUT2D eigenvalue weighted by Gasteiger charge is -2.30. The first-order valence-electron chi connectivity index (χ1n) is 15.1. The number of carbonyl (C=O) groups is 2. The molecule has 1 aliphatic heterocycles. The van der Waals surface area contributed by atoms with E-state index in [9.17, 15) is 14.4 Å². The molecule has 1 atom stereocenters. The van der Waals surface area contributed by atoms with Gasteiger partial charge in [0, 0.05) is 30.3 Å². The Balaban J connectivity index is 1.54. The number of halogens is 1. The second-order valence-corrected chi connectivity index (χ2v) is 12.3. The number of hydrogen-bond donors (Lipinski definition) is 0.